The normalized spacial score (nSPS) is 12.6. The van der Waals surface area contributed by atoms with E-state index < -0.39 is 23.5 Å². The Labute approximate surface area is 118 Å². The van der Waals surface area contributed by atoms with Gasteiger partial charge in [0.05, 0.1) is 5.41 Å². The molecule has 2 N–H and O–H groups in total. The summed E-state index contributed by atoms with van der Waals surface area (Å²) in [6.07, 6.45) is -0.0882. The van der Waals surface area contributed by atoms with Gasteiger partial charge in [-0.25, -0.2) is 4.79 Å². The number of amides is 1. The number of rotatable bonds is 6. The van der Waals surface area contributed by atoms with E-state index >= 15 is 0 Å². The molecule has 0 heterocycles. The maximum absolute atomic E-state index is 11.7. The van der Waals surface area contributed by atoms with E-state index in [-0.39, 0.29) is 6.61 Å². The Balaban J connectivity index is 2.54. The average Bonchev–Trinajstić information content (AvgIpc) is 2.43. The molecule has 0 aliphatic rings. The summed E-state index contributed by atoms with van der Waals surface area (Å²) in [6.45, 7) is 5.16. The SMILES string of the molecule is CC[C@H](NC(=O)OCc1ccccc1)C(C)(C)C(=O)O. The average molecular weight is 279 g/mol. The van der Waals surface area contributed by atoms with Gasteiger partial charge in [0.25, 0.3) is 0 Å². The lowest BCUT2D eigenvalue weighted by Gasteiger charge is -2.29. The van der Waals surface area contributed by atoms with E-state index in [9.17, 15) is 14.7 Å². The molecular formula is C15H21NO4. The third kappa shape index (κ3) is 4.26. The highest BCUT2D eigenvalue weighted by molar-refractivity contribution is 5.76. The molecule has 1 rings (SSSR count). The molecule has 0 spiro atoms. The molecule has 1 atom stereocenters. The summed E-state index contributed by atoms with van der Waals surface area (Å²) >= 11 is 0. The second kappa shape index (κ2) is 6.93. The molecule has 1 amide bonds. The van der Waals surface area contributed by atoms with E-state index in [0.717, 1.165) is 5.56 Å². The van der Waals surface area contributed by atoms with Crippen LogP contribution in [-0.2, 0) is 16.1 Å². The van der Waals surface area contributed by atoms with Crippen molar-refractivity contribution in [3.05, 3.63) is 35.9 Å². The zero-order chi connectivity index (χ0) is 15.2. The van der Waals surface area contributed by atoms with E-state index in [0.29, 0.717) is 6.42 Å². The topological polar surface area (TPSA) is 75.6 Å². The summed E-state index contributed by atoms with van der Waals surface area (Å²) in [5.41, 5.74) is -0.159. The Hall–Kier alpha value is -2.04. The summed E-state index contributed by atoms with van der Waals surface area (Å²) < 4.78 is 5.09. The highest BCUT2D eigenvalue weighted by Gasteiger charge is 2.37. The van der Waals surface area contributed by atoms with Crippen LogP contribution in [0.25, 0.3) is 0 Å². The minimum Gasteiger partial charge on any atom is -0.481 e. The number of hydrogen-bond donors (Lipinski definition) is 2. The first-order valence-electron chi connectivity index (χ1n) is 6.58. The molecule has 0 saturated carbocycles. The van der Waals surface area contributed by atoms with Crippen LogP contribution in [0.5, 0.6) is 0 Å². The summed E-state index contributed by atoms with van der Waals surface area (Å²) in [5, 5.41) is 11.8. The highest BCUT2D eigenvalue weighted by atomic mass is 16.5. The number of carbonyl (C=O) groups excluding carboxylic acids is 1. The predicted octanol–water partition coefficient (Wildman–Crippen LogP) is 2.80. The Morgan fingerprint density at radius 1 is 1.30 bits per heavy atom. The van der Waals surface area contributed by atoms with Gasteiger partial charge in [-0.1, -0.05) is 37.3 Å². The largest absolute Gasteiger partial charge is 0.481 e. The number of alkyl carbamates (subject to hydrolysis) is 1. The van der Waals surface area contributed by atoms with Gasteiger partial charge < -0.3 is 15.2 Å². The minimum absolute atomic E-state index is 0.163. The summed E-state index contributed by atoms with van der Waals surface area (Å²) in [4.78, 5) is 22.9. The van der Waals surface area contributed by atoms with Crippen molar-refractivity contribution >= 4 is 12.1 Å². The van der Waals surface area contributed by atoms with E-state index in [1.165, 1.54) is 0 Å². The van der Waals surface area contributed by atoms with Crippen molar-refractivity contribution < 1.29 is 19.4 Å². The van der Waals surface area contributed by atoms with Crippen molar-refractivity contribution in [2.45, 2.75) is 39.8 Å². The van der Waals surface area contributed by atoms with Gasteiger partial charge in [0.15, 0.2) is 0 Å². The molecule has 5 heteroatoms. The summed E-state index contributed by atoms with van der Waals surface area (Å²) in [7, 11) is 0. The molecule has 0 fully saturated rings. The first-order chi connectivity index (χ1) is 9.37. The summed E-state index contributed by atoms with van der Waals surface area (Å²) in [6, 6.07) is 8.82. The lowest BCUT2D eigenvalue weighted by Crippen LogP contribution is -2.48. The van der Waals surface area contributed by atoms with Crippen molar-refractivity contribution in [3.63, 3.8) is 0 Å². The van der Waals surface area contributed by atoms with E-state index in [1.54, 1.807) is 13.8 Å². The van der Waals surface area contributed by atoms with E-state index in [4.69, 9.17) is 4.74 Å². The molecule has 0 saturated heterocycles. The Bertz CT molecular complexity index is 456. The second-order valence-electron chi connectivity index (χ2n) is 5.19. The van der Waals surface area contributed by atoms with Crippen LogP contribution in [0.3, 0.4) is 0 Å². The fourth-order valence-corrected chi connectivity index (χ4v) is 1.85. The molecule has 0 aliphatic heterocycles. The molecule has 110 valence electrons. The number of nitrogens with one attached hydrogen (secondary N) is 1. The van der Waals surface area contributed by atoms with Gasteiger partial charge in [0.2, 0.25) is 0 Å². The Morgan fingerprint density at radius 2 is 1.90 bits per heavy atom. The molecule has 1 aromatic carbocycles. The van der Waals surface area contributed by atoms with Gasteiger partial charge in [-0.05, 0) is 25.8 Å². The first kappa shape index (κ1) is 16.0. The third-order valence-corrected chi connectivity index (χ3v) is 3.34. The van der Waals surface area contributed by atoms with Gasteiger partial charge in [-0.3, -0.25) is 4.79 Å². The Kier molecular flexibility index (Phi) is 5.55. The first-order valence-corrected chi connectivity index (χ1v) is 6.58. The van der Waals surface area contributed by atoms with E-state index in [1.807, 2.05) is 37.3 Å². The van der Waals surface area contributed by atoms with Crippen LogP contribution in [-0.4, -0.2) is 23.2 Å². The number of carboxylic acid groups (broad SMARTS) is 1. The van der Waals surface area contributed by atoms with Crippen LogP contribution in [0.2, 0.25) is 0 Å². The lowest BCUT2D eigenvalue weighted by atomic mass is 9.83. The smallest absolute Gasteiger partial charge is 0.407 e. The van der Waals surface area contributed by atoms with Crippen LogP contribution >= 0.6 is 0 Å². The van der Waals surface area contributed by atoms with Crippen molar-refractivity contribution in [2.24, 2.45) is 5.41 Å². The highest BCUT2D eigenvalue weighted by Crippen LogP contribution is 2.23. The van der Waals surface area contributed by atoms with Crippen molar-refractivity contribution in [1.29, 1.82) is 0 Å². The molecule has 5 nitrogen and oxygen atoms in total. The number of aliphatic carboxylic acids is 1. The molecule has 1 aromatic rings. The van der Waals surface area contributed by atoms with E-state index in [2.05, 4.69) is 5.32 Å². The minimum atomic E-state index is -1.04. The van der Waals surface area contributed by atoms with Crippen molar-refractivity contribution in [2.75, 3.05) is 0 Å². The van der Waals surface area contributed by atoms with Gasteiger partial charge in [0, 0.05) is 6.04 Å². The standard InChI is InChI=1S/C15H21NO4/c1-4-12(15(2,3)13(17)18)16-14(19)20-10-11-8-6-5-7-9-11/h5-9,12H,4,10H2,1-3H3,(H,16,19)(H,17,18)/t12-/m0/s1. The molecule has 0 aromatic heterocycles. The quantitative estimate of drug-likeness (QED) is 0.839. The lowest BCUT2D eigenvalue weighted by molar-refractivity contribution is -0.148. The Morgan fingerprint density at radius 3 is 2.40 bits per heavy atom. The molecule has 0 unspecified atom stereocenters. The number of ether oxygens (including phenoxy) is 1. The number of hydrogen-bond acceptors (Lipinski definition) is 3. The molecule has 0 radical (unpaired) electrons. The van der Waals surface area contributed by atoms with Crippen LogP contribution in [0.1, 0.15) is 32.8 Å². The number of carboxylic acids is 1. The van der Waals surface area contributed by atoms with Crippen LogP contribution < -0.4 is 5.32 Å². The van der Waals surface area contributed by atoms with Crippen LogP contribution in [0.15, 0.2) is 30.3 Å². The number of carbonyl (C=O) groups is 2. The van der Waals surface area contributed by atoms with Gasteiger partial charge >= 0.3 is 12.1 Å². The number of benzene rings is 1. The third-order valence-electron chi connectivity index (χ3n) is 3.34. The fourth-order valence-electron chi connectivity index (χ4n) is 1.85. The molecule has 0 aliphatic carbocycles. The fraction of sp³-hybridized carbons (Fsp3) is 0.467. The van der Waals surface area contributed by atoms with Crippen LogP contribution in [0, 0.1) is 5.41 Å². The predicted molar refractivity (Wildman–Crippen MR) is 75.3 cm³/mol. The molecule has 0 bridgehead atoms. The zero-order valence-corrected chi connectivity index (χ0v) is 12.1. The maximum atomic E-state index is 11.7. The summed E-state index contributed by atoms with van der Waals surface area (Å²) in [5.74, 6) is -0.951. The van der Waals surface area contributed by atoms with Gasteiger partial charge in [-0.2, -0.15) is 0 Å². The molecule has 20 heavy (non-hydrogen) atoms. The van der Waals surface area contributed by atoms with Gasteiger partial charge in [0.1, 0.15) is 6.61 Å². The van der Waals surface area contributed by atoms with Crippen molar-refractivity contribution in [3.8, 4) is 0 Å². The second-order valence-corrected chi connectivity index (χ2v) is 5.19. The van der Waals surface area contributed by atoms with Crippen molar-refractivity contribution in [1.82, 2.24) is 5.32 Å². The van der Waals surface area contributed by atoms with Crippen LogP contribution in [0.4, 0.5) is 4.79 Å². The van der Waals surface area contributed by atoms with Gasteiger partial charge in [-0.15, -0.1) is 0 Å². The zero-order valence-electron chi connectivity index (χ0n) is 12.1. The molecular weight excluding hydrogens is 258 g/mol. The maximum Gasteiger partial charge on any atom is 0.407 e. The monoisotopic (exact) mass is 279 g/mol.